The van der Waals surface area contributed by atoms with E-state index in [9.17, 15) is 0 Å². The van der Waals surface area contributed by atoms with Gasteiger partial charge in [0.2, 0.25) is 5.89 Å². The quantitative estimate of drug-likeness (QED) is 0.772. The van der Waals surface area contributed by atoms with Gasteiger partial charge in [0.05, 0.1) is 0 Å². The van der Waals surface area contributed by atoms with Crippen LogP contribution in [0.1, 0.15) is 37.9 Å². The third-order valence-electron chi connectivity index (χ3n) is 2.94. The van der Waals surface area contributed by atoms with Crippen LogP contribution >= 0.6 is 0 Å². The normalized spacial score (nSPS) is 18.0. The lowest BCUT2D eigenvalue weighted by atomic mass is 10.1. The molecule has 0 aromatic carbocycles. The SMILES string of the molecule is CCCc1noc(CC(NC)C2CC2)n1. The zero-order valence-corrected chi connectivity index (χ0v) is 9.49. The van der Waals surface area contributed by atoms with E-state index in [1.54, 1.807) is 0 Å². The van der Waals surface area contributed by atoms with Gasteiger partial charge in [-0.15, -0.1) is 0 Å². The first-order valence-corrected chi connectivity index (χ1v) is 5.82. The first-order chi connectivity index (χ1) is 7.33. The number of rotatable bonds is 6. The number of nitrogens with one attached hydrogen (secondary N) is 1. The molecule has 15 heavy (non-hydrogen) atoms. The molecule has 1 saturated carbocycles. The van der Waals surface area contributed by atoms with Crippen molar-refractivity contribution in [2.45, 2.75) is 45.1 Å². The average Bonchev–Trinajstić information content (AvgIpc) is 2.98. The van der Waals surface area contributed by atoms with Crippen LogP contribution in [0.5, 0.6) is 0 Å². The second-order valence-electron chi connectivity index (χ2n) is 4.29. The Labute approximate surface area is 90.4 Å². The molecule has 0 bridgehead atoms. The van der Waals surface area contributed by atoms with Gasteiger partial charge in [0.1, 0.15) is 0 Å². The molecule has 1 fully saturated rings. The van der Waals surface area contributed by atoms with Gasteiger partial charge in [-0.1, -0.05) is 12.1 Å². The van der Waals surface area contributed by atoms with Crippen LogP contribution in [0.15, 0.2) is 4.52 Å². The maximum absolute atomic E-state index is 5.23. The monoisotopic (exact) mass is 209 g/mol. The molecule has 4 heteroatoms. The zero-order valence-electron chi connectivity index (χ0n) is 9.49. The third-order valence-corrected chi connectivity index (χ3v) is 2.94. The fourth-order valence-corrected chi connectivity index (χ4v) is 1.89. The van der Waals surface area contributed by atoms with Crippen molar-refractivity contribution in [1.82, 2.24) is 15.5 Å². The summed E-state index contributed by atoms with van der Waals surface area (Å²) in [7, 11) is 2.01. The number of hydrogen-bond donors (Lipinski definition) is 1. The van der Waals surface area contributed by atoms with E-state index in [0.717, 1.165) is 36.9 Å². The molecule has 1 atom stereocenters. The molecule has 2 rings (SSSR count). The summed E-state index contributed by atoms with van der Waals surface area (Å²) in [6, 6.07) is 0.514. The van der Waals surface area contributed by atoms with Gasteiger partial charge in [-0.3, -0.25) is 0 Å². The van der Waals surface area contributed by atoms with Crippen LogP contribution in [0, 0.1) is 5.92 Å². The van der Waals surface area contributed by atoms with Gasteiger partial charge in [0, 0.05) is 18.9 Å². The van der Waals surface area contributed by atoms with Crippen LogP contribution in [0.2, 0.25) is 0 Å². The van der Waals surface area contributed by atoms with E-state index in [2.05, 4.69) is 22.4 Å². The Morgan fingerprint density at radius 2 is 2.33 bits per heavy atom. The second kappa shape index (κ2) is 4.75. The maximum atomic E-state index is 5.23. The fourth-order valence-electron chi connectivity index (χ4n) is 1.89. The van der Waals surface area contributed by atoms with Crippen LogP contribution in [0.25, 0.3) is 0 Å². The predicted octanol–water partition coefficient (Wildman–Crippen LogP) is 1.56. The minimum absolute atomic E-state index is 0.514. The fraction of sp³-hybridized carbons (Fsp3) is 0.818. The number of nitrogens with zero attached hydrogens (tertiary/aromatic N) is 2. The van der Waals surface area contributed by atoms with Crippen LogP contribution in [0.3, 0.4) is 0 Å². The van der Waals surface area contributed by atoms with E-state index in [4.69, 9.17) is 4.52 Å². The minimum Gasteiger partial charge on any atom is -0.339 e. The standard InChI is InChI=1S/C11H19N3O/c1-3-4-10-13-11(15-14-10)7-9(12-2)8-5-6-8/h8-9,12H,3-7H2,1-2H3. The average molecular weight is 209 g/mol. The van der Waals surface area contributed by atoms with Crippen molar-refractivity contribution in [2.24, 2.45) is 5.92 Å². The highest BCUT2D eigenvalue weighted by atomic mass is 16.5. The van der Waals surface area contributed by atoms with Crippen molar-refractivity contribution >= 4 is 0 Å². The first-order valence-electron chi connectivity index (χ1n) is 5.82. The van der Waals surface area contributed by atoms with Crippen molar-refractivity contribution < 1.29 is 4.52 Å². The van der Waals surface area contributed by atoms with Crippen molar-refractivity contribution in [3.8, 4) is 0 Å². The second-order valence-corrected chi connectivity index (χ2v) is 4.29. The molecule has 1 aromatic heterocycles. The van der Waals surface area contributed by atoms with Crippen molar-refractivity contribution in [3.05, 3.63) is 11.7 Å². The lowest BCUT2D eigenvalue weighted by molar-refractivity contribution is 0.348. The van der Waals surface area contributed by atoms with E-state index < -0.39 is 0 Å². The largest absolute Gasteiger partial charge is 0.339 e. The van der Waals surface area contributed by atoms with E-state index in [-0.39, 0.29) is 0 Å². The number of aryl methyl sites for hydroxylation is 1. The number of hydrogen-bond acceptors (Lipinski definition) is 4. The molecule has 84 valence electrons. The molecule has 0 saturated heterocycles. The summed E-state index contributed by atoms with van der Waals surface area (Å²) in [5.41, 5.74) is 0. The van der Waals surface area contributed by atoms with Crippen LogP contribution in [0.4, 0.5) is 0 Å². The number of likely N-dealkylation sites (N-methyl/N-ethyl adjacent to an activating group) is 1. The van der Waals surface area contributed by atoms with E-state index in [0.29, 0.717) is 6.04 Å². The van der Waals surface area contributed by atoms with Gasteiger partial charge in [0.15, 0.2) is 5.82 Å². The molecule has 0 aliphatic heterocycles. The maximum Gasteiger partial charge on any atom is 0.228 e. The molecular formula is C11H19N3O. The molecule has 1 aliphatic rings. The van der Waals surface area contributed by atoms with Crippen molar-refractivity contribution in [1.29, 1.82) is 0 Å². The molecule has 1 aliphatic carbocycles. The summed E-state index contributed by atoms with van der Waals surface area (Å²) in [5.74, 6) is 2.44. The van der Waals surface area contributed by atoms with Crippen LogP contribution in [-0.2, 0) is 12.8 Å². The van der Waals surface area contributed by atoms with Gasteiger partial charge < -0.3 is 9.84 Å². The highest BCUT2D eigenvalue weighted by Crippen LogP contribution is 2.33. The smallest absolute Gasteiger partial charge is 0.228 e. The lowest BCUT2D eigenvalue weighted by Crippen LogP contribution is -2.29. The van der Waals surface area contributed by atoms with Crippen molar-refractivity contribution in [3.63, 3.8) is 0 Å². The molecule has 1 heterocycles. The predicted molar refractivity (Wildman–Crippen MR) is 57.6 cm³/mol. The number of aromatic nitrogens is 2. The Hall–Kier alpha value is -0.900. The topological polar surface area (TPSA) is 51.0 Å². The molecule has 1 aromatic rings. The summed E-state index contributed by atoms with van der Waals surface area (Å²) < 4.78 is 5.23. The lowest BCUT2D eigenvalue weighted by Gasteiger charge is -2.11. The molecule has 1 unspecified atom stereocenters. The van der Waals surface area contributed by atoms with E-state index >= 15 is 0 Å². The van der Waals surface area contributed by atoms with E-state index in [1.807, 2.05) is 7.05 Å². The first kappa shape index (κ1) is 10.6. The minimum atomic E-state index is 0.514. The third kappa shape index (κ3) is 2.78. The van der Waals surface area contributed by atoms with Gasteiger partial charge in [-0.05, 0) is 32.2 Å². The summed E-state index contributed by atoms with van der Waals surface area (Å²) in [6.45, 7) is 2.12. The van der Waals surface area contributed by atoms with Gasteiger partial charge in [0.25, 0.3) is 0 Å². The van der Waals surface area contributed by atoms with Crippen LogP contribution < -0.4 is 5.32 Å². The highest BCUT2D eigenvalue weighted by Gasteiger charge is 2.31. The van der Waals surface area contributed by atoms with E-state index in [1.165, 1.54) is 12.8 Å². The molecule has 4 nitrogen and oxygen atoms in total. The molecule has 0 amide bonds. The Morgan fingerprint density at radius 3 is 2.93 bits per heavy atom. The Balaban J connectivity index is 1.90. The molecular weight excluding hydrogens is 190 g/mol. The molecule has 0 radical (unpaired) electrons. The van der Waals surface area contributed by atoms with Gasteiger partial charge >= 0.3 is 0 Å². The summed E-state index contributed by atoms with van der Waals surface area (Å²) in [5, 5.41) is 7.29. The highest BCUT2D eigenvalue weighted by molar-refractivity contribution is 4.94. The Kier molecular flexibility index (Phi) is 3.36. The summed E-state index contributed by atoms with van der Waals surface area (Å²) in [4.78, 5) is 4.38. The Morgan fingerprint density at radius 1 is 1.53 bits per heavy atom. The summed E-state index contributed by atoms with van der Waals surface area (Å²) >= 11 is 0. The molecule has 1 N–H and O–H groups in total. The summed E-state index contributed by atoms with van der Waals surface area (Å²) in [6.07, 6.45) is 5.52. The Bertz CT molecular complexity index is 307. The van der Waals surface area contributed by atoms with Gasteiger partial charge in [-0.2, -0.15) is 4.98 Å². The zero-order chi connectivity index (χ0) is 10.7. The van der Waals surface area contributed by atoms with Crippen LogP contribution in [-0.4, -0.2) is 23.2 Å². The van der Waals surface area contributed by atoms with Gasteiger partial charge in [-0.25, -0.2) is 0 Å². The molecule has 0 spiro atoms. The van der Waals surface area contributed by atoms with Crippen molar-refractivity contribution in [2.75, 3.05) is 7.05 Å².